The number of nitrogens with zero attached hydrogens (tertiary/aromatic N) is 2. The summed E-state index contributed by atoms with van der Waals surface area (Å²) in [6.07, 6.45) is 1.47. The molecule has 0 unspecified atom stereocenters. The number of halogens is 1. The first-order valence-corrected chi connectivity index (χ1v) is 9.21. The number of nitrogens with one attached hydrogen (secondary N) is 2. The Morgan fingerprint density at radius 3 is 2.54 bits per heavy atom. The van der Waals surface area contributed by atoms with Gasteiger partial charge in [0.05, 0.1) is 20.8 Å². The molecular formula is C19H31IN4O4. The van der Waals surface area contributed by atoms with Gasteiger partial charge in [0.2, 0.25) is 0 Å². The molecule has 1 aliphatic heterocycles. The maximum Gasteiger partial charge on any atom is 0.409 e. The summed E-state index contributed by atoms with van der Waals surface area (Å²) in [5.74, 6) is 2.24. The second-order valence-electron chi connectivity index (χ2n) is 6.21. The van der Waals surface area contributed by atoms with Crippen molar-refractivity contribution in [2.45, 2.75) is 32.4 Å². The highest BCUT2D eigenvalue weighted by molar-refractivity contribution is 14.0. The number of guanidine groups is 1. The van der Waals surface area contributed by atoms with Crippen LogP contribution in [0.3, 0.4) is 0 Å². The molecule has 1 fully saturated rings. The monoisotopic (exact) mass is 506 g/mol. The minimum absolute atomic E-state index is 0. The molecule has 0 bridgehead atoms. The molecule has 1 aromatic rings. The van der Waals surface area contributed by atoms with Gasteiger partial charge in [-0.1, -0.05) is 0 Å². The number of ether oxygens (including phenoxy) is 3. The van der Waals surface area contributed by atoms with Gasteiger partial charge in [0.15, 0.2) is 5.96 Å². The summed E-state index contributed by atoms with van der Waals surface area (Å²) in [5, 5.41) is 6.73. The largest absolute Gasteiger partial charge is 0.497 e. The Labute approximate surface area is 184 Å². The highest BCUT2D eigenvalue weighted by Crippen LogP contribution is 2.24. The average molecular weight is 506 g/mol. The summed E-state index contributed by atoms with van der Waals surface area (Å²) >= 11 is 0. The number of benzene rings is 1. The van der Waals surface area contributed by atoms with Gasteiger partial charge in [0.25, 0.3) is 0 Å². The maximum atomic E-state index is 11.8. The van der Waals surface area contributed by atoms with Crippen LogP contribution in [0.4, 0.5) is 4.79 Å². The van der Waals surface area contributed by atoms with Gasteiger partial charge in [0.1, 0.15) is 11.5 Å². The summed E-state index contributed by atoms with van der Waals surface area (Å²) in [7, 11) is 5.02. The number of carbonyl (C=O) groups is 1. The van der Waals surface area contributed by atoms with Crippen LogP contribution in [0.1, 0.15) is 25.3 Å². The molecule has 1 saturated heterocycles. The summed E-state index contributed by atoms with van der Waals surface area (Å²) in [6, 6.07) is 5.99. The highest BCUT2D eigenvalue weighted by atomic mass is 127. The van der Waals surface area contributed by atoms with Crippen molar-refractivity contribution in [2.24, 2.45) is 4.99 Å². The fourth-order valence-electron chi connectivity index (χ4n) is 2.99. The van der Waals surface area contributed by atoms with Crippen LogP contribution in [0.25, 0.3) is 0 Å². The normalized spacial score (nSPS) is 14.7. The predicted molar refractivity (Wildman–Crippen MR) is 120 cm³/mol. The second kappa shape index (κ2) is 12.5. The van der Waals surface area contributed by atoms with Crippen molar-refractivity contribution >= 4 is 36.0 Å². The topological polar surface area (TPSA) is 84.4 Å². The van der Waals surface area contributed by atoms with Crippen molar-refractivity contribution in [3.63, 3.8) is 0 Å². The molecule has 1 heterocycles. The van der Waals surface area contributed by atoms with Gasteiger partial charge in [-0.05, 0) is 31.9 Å². The number of piperidine rings is 1. The number of methoxy groups -OCH3 is 2. The molecule has 1 aromatic carbocycles. The third kappa shape index (κ3) is 6.92. The fourth-order valence-corrected chi connectivity index (χ4v) is 2.99. The Morgan fingerprint density at radius 2 is 1.96 bits per heavy atom. The van der Waals surface area contributed by atoms with Gasteiger partial charge in [-0.15, -0.1) is 24.0 Å². The number of amides is 1. The van der Waals surface area contributed by atoms with E-state index in [0.29, 0.717) is 26.2 Å². The van der Waals surface area contributed by atoms with E-state index in [9.17, 15) is 4.79 Å². The first-order chi connectivity index (χ1) is 13.1. The highest BCUT2D eigenvalue weighted by Gasteiger charge is 2.24. The van der Waals surface area contributed by atoms with Crippen LogP contribution in [-0.4, -0.2) is 64.0 Å². The summed E-state index contributed by atoms with van der Waals surface area (Å²) in [6.45, 7) is 4.16. The van der Waals surface area contributed by atoms with Gasteiger partial charge in [-0.3, -0.25) is 4.99 Å². The molecule has 9 heteroatoms. The van der Waals surface area contributed by atoms with E-state index in [1.54, 1.807) is 26.2 Å². The minimum atomic E-state index is -0.231. The number of aliphatic imine (C=N–C) groups is 1. The first kappa shape index (κ1) is 24.1. The summed E-state index contributed by atoms with van der Waals surface area (Å²) in [5.41, 5.74) is 1.01. The Morgan fingerprint density at radius 1 is 1.25 bits per heavy atom. The molecule has 28 heavy (non-hydrogen) atoms. The molecule has 1 amide bonds. The molecule has 1 aliphatic rings. The number of hydrogen-bond acceptors (Lipinski definition) is 5. The van der Waals surface area contributed by atoms with Crippen LogP contribution in [0.5, 0.6) is 11.5 Å². The lowest BCUT2D eigenvalue weighted by Crippen LogP contribution is -2.49. The van der Waals surface area contributed by atoms with Crippen LogP contribution < -0.4 is 20.1 Å². The SMILES string of the molecule is CCOC(=O)N1CCC(NC(=NC)NCc2ccc(OC)cc2OC)CC1.I. The summed E-state index contributed by atoms with van der Waals surface area (Å²) < 4.78 is 15.7. The molecule has 0 atom stereocenters. The van der Waals surface area contributed by atoms with E-state index >= 15 is 0 Å². The molecule has 0 aromatic heterocycles. The van der Waals surface area contributed by atoms with Gasteiger partial charge in [-0.2, -0.15) is 0 Å². The van der Waals surface area contributed by atoms with Gasteiger partial charge in [-0.25, -0.2) is 4.79 Å². The van der Waals surface area contributed by atoms with Crippen LogP contribution in [0.2, 0.25) is 0 Å². The van der Waals surface area contributed by atoms with Crippen LogP contribution in [0, 0.1) is 0 Å². The molecule has 0 radical (unpaired) electrons. The third-order valence-electron chi connectivity index (χ3n) is 4.53. The Bertz CT molecular complexity index is 649. The Balaban J connectivity index is 0.00000392. The maximum absolute atomic E-state index is 11.8. The summed E-state index contributed by atoms with van der Waals surface area (Å²) in [4.78, 5) is 17.8. The van der Waals surface area contributed by atoms with E-state index in [1.807, 2.05) is 25.1 Å². The predicted octanol–water partition coefficient (Wildman–Crippen LogP) is 2.61. The molecule has 8 nitrogen and oxygen atoms in total. The van der Waals surface area contributed by atoms with Crippen molar-refractivity contribution in [3.05, 3.63) is 23.8 Å². The van der Waals surface area contributed by atoms with Crippen LogP contribution >= 0.6 is 24.0 Å². The molecule has 0 aliphatic carbocycles. The van der Waals surface area contributed by atoms with Crippen molar-refractivity contribution in [1.82, 2.24) is 15.5 Å². The van der Waals surface area contributed by atoms with Crippen molar-refractivity contribution in [2.75, 3.05) is 41.0 Å². The molecule has 0 spiro atoms. The van der Waals surface area contributed by atoms with Gasteiger partial charge < -0.3 is 29.7 Å². The number of likely N-dealkylation sites (tertiary alicyclic amines) is 1. The van der Waals surface area contributed by atoms with E-state index in [0.717, 1.165) is 35.9 Å². The molecule has 2 N–H and O–H groups in total. The van der Waals surface area contributed by atoms with Gasteiger partial charge >= 0.3 is 6.09 Å². The van der Waals surface area contributed by atoms with Crippen molar-refractivity contribution < 1.29 is 19.0 Å². The lowest BCUT2D eigenvalue weighted by Gasteiger charge is -2.32. The number of rotatable bonds is 6. The standard InChI is InChI=1S/C19H30N4O4.HI/c1-5-27-19(24)23-10-8-15(9-11-23)22-18(20-2)21-13-14-6-7-16(25-3)12-17(14)26-4;/h6-7,12,15H,5,8-11,13H2,1-4H3,(H2,20,21,22);1H. The fraction of sp³-hybridized carbons (Fsp3) is 0.579. The minimum Gasteiger partial charge on any atom is -0.497 e. The lowest BCUT2D eigenvalue weighted by atomic mass is 10.1. The zero-order valence-corrected chi connectivity index (χ0v) is 19.3. The molecule has 158 valence electrons. The van der Waals surface area contributed by atoms with E-state index in [1.165, 1.54) is 0 Å². The molecule has 0 saturated carbocycles. The number of hydrogen-bond donors (Lipinski definition) is 2. The number of carbonyl (C=O) groups excluding carboxylic acids is 1. The zero-order valence-electron chi connectivity index (χ0n) is 17.0. The lowest BCUT2D eigenvalue weighted by molar-refractivity contribution is 0.0963. The van der Waals surface area contributed by atoms with Crippen LogP contribution in [0.15, 0.2) is 23.2 Å². The second-order valence-corrected chi connectivity index (χ2v) is 6.21. The Kier molecular flexibility index (Phi) is 10.8. The van der Waals surface area contributed by atoms with E-state index in [4.69, 9.17) is 14.2 Å². The smallest absolute Gasteiger partial charge is 0.409 e. The average Bonchev–Trinajstić information content (AvgIpc) is 2.71. The van der Waals surface area contributed by atoms with E-state index in [2.05, 4.69) is 15.6 Å². The first-order valence-electron chi connectivity index (χ1n) is 9.21. The zero-order chi connectivity index (χ0) is 19.6. The molecular weight excluding hydrogens is 475 g/mol. The quantitative estimate of drug-likeness (QED) is 0.351. The van der Waals surface area contributed by atoms with Crippen LogP contribution in [-0.2, 0) is 11.3 Å². The Hall–Kier alpha value is -1.91. The van der Waals surface area contributed by atoms with E-state index in [-0.39, 0.29) is 36.1 Å². The van der Waals surface area contributed by atoms with Gasteiger partial charge in [0, 0.05) is 44.4 Å². The molecule has 2 rings (SSSR count). The third-order valence-corrected chi connectivity index (χ3v) is 4.53. The van der Waals surface area contributed by atoms with Crippen molar-refractivity contribution in [3.8, 4) is 11.5 Å². The van der Waals surface area contributed by atoms with Crippen molar-refractivity contribution in [1.29, 1.82) is 0 Å². The van der Waals surface area contributed by atoms with E-state index < -0.39 is 0 Å².